The van der Waals surface area contributed by atoms with Gasteiger partial charge in [0, 0.05) is 20.5 Å². The van der Waals surface area contributed by atoms with E-state index in [1.54, 1.807) is 24.4 Å². The molecule has 0 aliphatic rings. The molecule has 4 nitrogen and oxygen atoms in total. The van der Waals surface area contributed by atoms with Gasteiger partial charge in [0.1, 0.15) is 5.01 Å². The molecule has 8 heteroatoms. The van der Waals surface area contributed by atoms with Gasteiger partial charge in [-0.05, 0) is 40.5 Å². The summed E-state index contributed by atoms with van der Waals surface area (Å²) in [7, 11) is -3.60. The summed E-state index contributed by atoms with van der Waals surface area (Å²) in [6.45, 7) is 1.92. The Morgan fingerprint density at radius 1 is 1.40 bits per heavy atom. The normalized spacial score (nSPS) is 13.3. The van der Waals surface area contributed by atoms with Gasteiger partial charge in [-0.3, -0.25) is 0 Å². The fourth-order valence-corrected chi connectivity index (χ4v) is 5.54. The molecule has 0 fully saturated rings. The highest BCUT2D eigenvalue weighted by Gasteiger charge is 2.23. The first-order valence-corrected chi connectivity index (χ1v) is 9.75. The summed E-state index contributed by atoms with van der Waals surface area (Å²) in [6.07, 6.45) is 2.31. The number of halogens is 2. The van der Waals surface area contributed by atoms with Crippen LogP contribution in [0.2, 0.25) is 0 Å². The summed E-state index contributed by atoms with van der Waals surface area (Å²) in [5, 5.41) is 2.60. The average molecular weight is 440 g/mol. The van der Waals surface area contributed by atoms with Gasteiger partial charge in [0.25, 0.3) is 0 Å². The van der Waals surface area contributed by atoms with Crippen LogP contribution in [-0.4, -0.2) is 13.4 Å². The van der Waals surface area contributed by atoms with Crippen molar-refractivity contribution in [2.75, 3.05) is 0 Å². The maximum absolute atomic E-state index is 12.4. The summed E-state index contributed by atoms with van der Waals surface area (Å²) in [4.78, 5) is 4.39. The van der Waals surface area contributed by atoms with Crippen LogP contribution in [-0.2, 0) is 10.0 Å². The number of hydrogen-bond acceptors (Lipinski definition) is 4. The quantitative estimate of drug-likeness (QED) is 0.762. The number of nitrogens with zero attached hydrogens (tertiary/aromatic N) is 1. The van der Waals surface area contributed by atoms with Crippen molar-refractivity contribution in [3.05, 3.63) is 43.7 Å². The van der Waals surface area contributed by atoms with Crippen LogP contribution in [0.1, 0.15) is 24.4 Å². The molecule has 0 saturated carbocycles. The molecule has 2 aromatic rings. The molecule has 1 heterocycles. The predicted molar refractivity (Wildman–Crippen MR) is 87.3 cm³/mol. The molecule has 20 heavy (non-hydrogen) atoms. The van der Waals surface area contributed by atoms with Crippen LogP contribution >= 0.6 is 43.2 Å². The molecule has 0 spiro atoms. The molecule has 1 N–H and O–H groups in total. The van der Waals surface area contributed by atoms with Crippen LogP contribution in [0.4, 0.5) is 0 Å². The molecule has 1 atom stereocenters. The van der Waals surface area contributed by atoms with Crippen LogP contribution in [0.25, 0.3) is 0 Å². The Bertz CT molecular complexity index is 687. The van der Waals surface area contributed by atoms with Crippen LogP contribution in [0, 0.1) is 0 Å². The third-order valence-electron chi connectivity index (χ3n) is 2.64. The molecular weight excluding hydrogens is 428 g/mol. The predicted octanol–water partition coefficient (Wildman–Crippen LogP) is 4.10. The molecule has 2 rings (SSSR count). The van der Waals surface area contributed by atoms with Gasteiger partial charge in [0.15, 0.2) is 0 Å². The van der Waals surface area contributed by atoms with Crippen molar-refractivity contribution < 1.29 is 8.42 Å². The molecule has 0 amide bonds. The minimum absolute atomic E-state index is 0.218. The van der Waals surface area contributed by atoms with Crippen LogP contribution in [0.15, 0.2) is 43.6 Å². The van der Waals surface area contributed by atoms with E-state index in [9.17, 15) is 8.42 Å². The third kappa shape index (κ3) is 3.67. The van der Waals surface area contributed by atoms with E-state index >= 15 is 0 Å². The maximum atomic E-state index is 12.4. The highest BCUT2D eigenvalue weighted by atomic mass is 79.9. The van der Waals surface area contributed by atoms with E-state index in [2.05, 4.69) is 41.6 Å². The Hall–Kier alpha value is -0.280. The minimum Gasteiger partial charge on any atom is -0.248 e. The van der Waals surface area contributed by atoms with Gasteiger partial charge in [0.2, 0.25) is 10.0 Å². The molecule has 1 aromatic heterocycles. The van der Waals surface area contributed by atoms with Gasteiger partial charge < -0.3 is 0 Å². The van der Waals surface area contributed by atoms with Crippen molar-refractivity contribution in [2.45, 2.75) is 24.3 Å². The summed E-state index contributed by atoms with van der Waals surface area (Å²) in [5.74, 6) is 0. The van der Waals surface area contributed by atoms with Gasteiger partial charge in [0.05, 0.1) is 10.9 Å². The summed E-state index contributed by atoms with van der Waals surface area (Å²) in [6, 6.07) is 4.66. The van der Waals surface area contributed by atoms with Crippen LogP contribution in [0.3, 0.4) is 0 Å². The SMILES string of the molecule is CCC(NS(=O)(=O)c1ccc(Br)cc1Br)c1nccs1. The third-order valence-corrected chi connectivity index (χ3v) is 6.47. The molecule has 1 unspecified atom stereocenters. The zero-order valence-corrected chi connectivity index (χ0v) is 15.3. The van der Waals surface area contributed by atoms with Gasteiger partial charge in [-0.2, -0.15) is 0 Å². The Balaban J connectivity index is 2.31. The Morgan fingerprint density at radius 2 is 2.15 bits per heavy atom. The van der Waals surface area contributed by atoms with Crippen molar-refractivity contribution in [2.24, 2.45) is 0 Å². The topological polar surface area (TPSA) is 59.1 Å². The lowest BCUT2D eigenvalue weighted by atomic mass is 10.3. The standard InChI is InChI=1S/C12H12Br2N2O2S2/c1-2-10(12-15-5-6-19-12)16-20(17,18)11-4-3-8(13)7-9(11)14/h3-7,10,16H,2H2,1H3. The number of rotatable bonds is 5. The number of aromatic nitrogens is 1. The molecule has 0 bridgehead atoms. The smallest absolute Gasteiger partial charge is 0.242 e. The van der Waals surface area contributed by atoms with E-state index < -0.39 is 10.0 Å². The second-order valence-electron chi connectivity index (χ2n) is 4.03. The molecule has 0 aliphatic heterocycles. The number of thiazole rings is 1. The van der Waals surface area contributed by atoms with E-state index in [1.165, 1.54) is 11.3 Å². The molecular formula is C12H12Br2N2O2S2. The van der Waals surface area contributed by atoms with E-state index in [1.807, 2.05) is 12.3 Å². The first-order valence-electron chi connectivity index (χ1n) is 5.81. The Morgan fingerprint density at radius 3 is 2.70 bits per heavy atom. The zero-order valence-electron chi connectivity index (χ0n) is 10.5. The van der Waals surface area contributed by atoms with E-state index in [0.717, 1.165) is 9.48 Å². The lowest BCUT2D eigenvalue weighted by molar-refractivity contribution is 0.548. The average Bonchev–Trinajstić information content (AvgIpc) is 2.89. The summed E-state index contributed by atoms with van der Waals surface area (Å²) in [5.41, 5.74) is 0. The van der Waals surface area contributed by atoms with Gasteiger partial charge >= 0.3 is 0 Å². The zero-order chi connectivity index (χ0) is 14.8. The van der Waals surface area contributed by atoms with Crippen molar-refractivity contribution in [3.63, 3.8) is 0 Å². The van der Waals surface area contributed by atoms with E-state index in [0.29, 0.717) is 10.9 Å². The number of nitrogens with one attached hydrogen (secondary N) is 1. The molecule has 0 radical (unpaired) electrons. The lowest BCUT2D eigenvalue weighted by Crippen LogP contribution is -2.28. The number of sulfonamides is 1. The number of benzene rings is 1. The second kappa shape index (κ2) is 6.65. The van der Waals surface area contributed by atoms with Gasteiger partial charge in [-0.1, -0.05) is 22.9 Å². The first-order chi connectivity index (χ1) is 9.44. The monoisotopic (exact) mass is 438 g/mol. The number of hydrogen-bond donors (Lipinski definition) is 1. The van der Waals surface area contributed by atoms with Crippen molar-refractivity contribution in [1.29, 1.82) is 0 Å². The highest BCUT2D eigenvalue weighted by Crippen LogP contribution is 2.28. The van der Waals surface area contributed by atoms with E-state index in [-0.39, 0.29) is 10.9 Å². The minimum atomic E-state index is -3.60. The molecule has 0 saturated heterocycles. The van der Waals surface area contributed by atoms with Crippen molar-refractivity contribution in [3.8, 4) is 0 Å². The van der Waals surface area contributed by atoms with Gasteiger partial charge in [-0.15, -0.1) is 11.3 Å². The fraction of sp³-hybridized carbons (Fsp3) is 0.250. The summed E-state index contributed by atoms with van der Waals surface area (Å²) < 4.78 is 28.9. The summed E-state index contributed by atoms with van der Waals surface area (Å²) >= 11 is 8.03. The Kier molecular flexibility index (Phi) is 5.36. The maximum Gasteiger partial charge on any atom is 0.242 e. The van der Waals surface area contributed by atoms with Crippen LogP contribution < -0.4 is 4.72 Å². The second-order valence-corrected chi connectivity index (χ2v) is 8.41. The molecule has 1 aromatic carbocycles. The fourth-order valence-electron chi connectivity index (χ4n) is 1.66. The van der Waals surface area contributed by atoms with Crippen LogP contribution in [0.5, 0.6) is 0 Å². The lowest BCUT2D eigenvalue weighted by Gasteiger charge is -2.15. The highest BCUT2D eigenvalue weighted by molar-refractivity contribution is 9.11. The van der Waals surface area contributed by atoms with Gasteiger partial charge in [-0.25, -0.2) is 18.1 Å². The molecule has 0 aliphatic carbocycles. The molecule has 108 valence electrons. The Labute approximate surface area is 138 Å². The largest absolute Gasteiger partial charge is 0.248 e. The van der Waals surface area contributed by atoms with Crippen molar-refractivity contribution >= 4 is 53.2 Å². The van der Waals surface area contributed by atoms with E-state index in [4.69, 9.17) is 0 Å². The first kappa shape index (κ1) is 16.1. The van der Waals surface area contributed by atoms with Crippen molar-refractivity contribution in [1.82, 2.24) is 9.71 Å².